The lowest BCUT2D eigenvalue weighted by atomic mass is 10.3. The Kier molecular flexibility index (Phi) is 3.04. The van der Waals surface area contributed by atoms with Gasteiger partial charge in [0.05, 0.1) is 0 Å². The van der Waals surface area contributed by atoms with Gasteiger partial charge in [-0.25, -0.2) is 4.98 Å². The number of hydrogen-bond donors (Lipinski definition) is 1. The lowest BCUT2D eigenvalue weighted by Crippen LogP contribution is -2.24. The fraction of sp³-hybridized carbons (Fsp3) is 0.636. The highest BCUT2D eigenvalue weighted by molar-refractivity contribution is 5.91. The second kappa shape index (κ2) is 4.47. The minimum atomic E-state index is -0.136. The van der Waals surface area contributed by atoms with Crippen LogP contribution in [0, 0.1) is 5.92 Å². The van der Waals surface area contributed by atoms with Gasteiger partial charge in [0.15, 0.2) is 11.6 Å². The summed E-state index contributed by atoms with van der Waals surface area (Å²) < 4.78 is 5.24. The Morgan fingerprint density at radius 3 is 3.13 bits per heavy atom. The van der Waals surface area contributed by atoms with Crippen molar-refractivity contribution in [2.75, 3.05) is 6.54 Å². The molecule has 0 unspecified atom stereocenters. The van der Waals surface area contributed by atoms with Crippen LogP contribution < -0.4 is 5.32 Å². The van der Waals surface area contributed by atoms with Crippen LogP contribution in [-0.4, -0.2) is 17.4 Å². The van der Waals surface area contributed by atoms with Crippen LogP contribution in [0.25, 0.3) is 0 Å². The number of amides is 1. The summed E-state index contributed by atoms with van der Waals surface area (Å²) in [4.78, 5) is 15.6. The van der Waals surface area contributed by atoms with Gasteiger partial charge in [0.1, 0.15) is 6.26 Å². The second-order valence-electron chi connectivity index (χ2n) is 4.03. The van der Waals surface area contributed by atoms with Crippen molar-refractivity contribution >= 4 is 5.91 Å². The Hall–Kier alpha value is -1.32. The number of nitrogens with one attached hydrogen (secondary N) is 1. The van der Waals surface area contributed by atoms with Crippen LogP contribution >= 0.6 is 0 Å². The molecular weight excluding hydrogens is 192 g/mol. The third-order valence-electron chi connectivity index (χ3n) is 2.48. The van der Waals surface area contributed by atoms with E-state index in [1.807, 2.05) is 6.92 Å². The number of oxazole rings is 1. The zero-order chi connectivity index (χ0) is 10.7. The molecule has 1 fully saturated rings. The lowest BCUT2D eigenvalue weighted by Gasteiger charge is -1.97. The molecule has 15 heavy (non-hydrogen) atoms. The molecule has 2 rings (SSSR count). The van der Waals surface area contributed by atoms with Crippen LogP contribution in [0.4, 0.5) is 0 Å². The Morgan fingerprint density at radius 2 is 2.47 bits per heavy atom. The summed E-state index contributed by atoms with van der Waals surface area (Å²) >= 11 is 0. The summed E-state index contributed by atoms with van der Waals surface area (Å²) in [6.45, 7) is 2.70. The van der Waals surface area contributed by atoms with Crippen LogP contribution in [0.5, 0.6) is 0 Å². The lowest BCUT2D eigenvalue weighted by molar-refractivity contribution is 0.0948. The predicted octanol–water partition coefficient (Wildman–Crippen LogP) is 1.77. The normalized spacial score (nSPS) is 15.3. The van der Waals surface area contributed by atoms with Gasteiger partial charge in [-0.1, -0.05) is 6.92 Å². The summed E-state index contributed by atoms with van der Waals surface area (Å²) in [6.07, 6.45) is 5.78. The molecule has 0 atom stereocenters. The van der Waals surface area contributed by atoms with Crippen molar-refractivity contribution in [2.24, 2.45) is 5.92 Å². The van der Waals surface area contributed by atoms with Crippen molar-refractivity contribution in [3.8, 4) is 0 Å². The molecule has 0 bridgehead atoms. The topological polar surface area (TPSA) is 55.1 Å². The molecule has 1 amide bonds. The van der Waals surface area contributed by atoms with E-state index in [0.717, 1.165) is 18.8 Å². The zero-order valence-corrected chi connectivity index (χ0v) is 8.95. The van der Waals surface area contributed by atoms with Gasteiger partial charge in [-0.15, -0.1) is 0 Å². The fourth-order valence-electron chi connectivity index (χ4n) is 1.41. The minimum absolute atomic E-state index is 0.136. The molecule has 0 spiro atoms. The summed E-state index contributed by atoms with van der Waals surface area (Å²) in [6, 6.07) is 0. The first kappa shape index (κ1) is 10.2. The summed E-state index contributed by atoms with van der Waals surface area (Å²) in [5, 5.41) is 2.77. The molecule has 0 saturated heterocycles. The summed E-state index contributed by atoms with van der Waals surface area (Å²) in [5.41, 5.74) is 0.402. The fourth-order valence-corrected chi connectivity index (χ4v) is 1.41. The van der Waals surface area contributed by atoms with Gasteiger partial charge in [-0.3, -0.25) is 4.79 Å². The van der Waals surface area contributed by atoms with Crippen molar-refractivity contribution in [1.29, 1.82) is 0 Å². The first-order chi connectivity index (χ1) is 7.29. The first-order valence-electron chi connectivity index (χ1n) is 5.52. The molecule has 1 N–H and O–H groups in total. The standard InChI is InChI=1S/C11H16N2O2/c1-2-5-12-11(14)9-7-15-10(13-9)6-8-3-4-8/h7-8H,2-6H2,1H3,(H,12,14). The number of carbonyl (C=O) groups is 1. The molecule has 1 aliphatic carbocycles. The van der Waals surface area contributed by atoms with Crippen molar-refractivity contribution in [1.82, 2.24) is 10.3 Å². The molecule has 1 aromatic rings. The average Bonchev–Trinajstić information content (AvgIpc) is 2.91. The van der Waals surface area contributed by atoms with E-state index in [2.05, 4.69) is 10.3 Å². The maximum absolute atomic E-state index is 11.5. The Balaban J connectivity index is 1.89. The van der Waals surface area contributed by atoms with Crippen LogP contribution in [0.1, 0.15) is 42.6 Å². The van der Waals surface area contributed by atoms with Gasteiger partial charge in [0.2, 0.25) is 0 Å². The Bertz CT molecular complexity index is 342. The van der Waals surface area contributed by atoms with E-state index in [1.165, 1.54) is 19.1 Å². The quantitative estimate of drug-likeness (QED) is 0.802. The monoisotopic (exact) mass is 208 g/mol. The summed E-state index contributed by atoms with van der Waals surface area (Å²) in [5.74, 6) is 1.29. The van der Waals surface area contributed by atoms with Gasteiger partial charge in [-0.2, -0.15) is 0 Å². The zero-order valence-electron chi connectivity index (χ0n) is 8.95. The maximum atomic E-state index is 11.5. The van der Waals surface area contributed by atoms with Gasteiger partial charge < -0.3 is 9.73 Å². The van der Waals surface area contributed by atoms with Crippen molar-refractivity contribution in [2.45, 2.75) is 32.6 Å². The molecule has 4 nitrogen and oxygen atoms in total. The van der Waals surface area contributed by atoms with Crippen LogP contribution in [0.15, 0.2) is 10.7 Å². The molecule has 1 heterocycles. The van der Waals surface area contributed by atoms with Gasteiger partial charge in [0, 0.05) is 13.0 Å². The van der Waals surface area contributed by atoms with Gasteiger partial charge >= 0.3 is 0 Å². The van der Waals surface area contributed by atoms with E-state index in [4.69, 9.17) is 4.42 Å². The Labute approximate surface area is 89.1 Å². The first-order valence-corrected chi connectivity index (χ1v) is 5.52. The highest BCUT2D eigenvalue weighted by atomic mass is 16.3. The molecule has 1 saturated carbocycles. The molecule has 4 heteroatoms. The highest BCUT2D eigenvalue weighted by Crippen LogP contribution is 2.32. The largest absolute Gasteiger partial charge is 0.448 e. The van der Waals surface area contributed by atoms with E-state index >= 15 is 0 Å². The van der Waals surface area contributed by atoms with E-state index < -0.39 is 0 Å². The molecule has 1 aliphatic rings. The van der Waals surface area contributed by atoms with E-state index in [1.54, 1.807) is 0 Å². The molecule has 0 radical (unpaired) electrons. The number of carbonyl (C=O) groups excluding carboxylic acids is 1. The predicted molar refractivity (Wildman–Crippen MR) is 55.6 cm³/mol. The van der Waals surface area contributed by atoms with Crippen LogP contribution in [0.3, 0.4) is 0 Å². The number of nitrogens with zero attached hydrogens (tertiary/aromatic N) is 1. The van der Waals surface area contributed by atoms with Crippen molar-refractivity contribution < 1.29 is 9.21 Å². The van der Waals surface area contributed by atoms with Gasteiger partial charge in [-0.05, 0) is 25.2 Å². The minimum Gasteiger partial charge on any atom is -0.448 e. The summed E-state index contributed by atoms with van der Waals surface area (Å²) in [7, 11) is 0. The molecular formula is C11H16N2O2. The van der Waals surface area contributed by atoms with Crippen molar-refractivity contribution in [3.63, 3.8) is 0 Å². The molecule has 1 aromatic heterocycles. The molecule has 0 aliphatic heterocycles. The van der Waals surface area contributed by atoms with E-state index in [9.17, 15) is 4.79 Å². The second-order valence-corrected chi connectivity index (χ2v) is 4.03. The number of rotatable bonds is 5. The van der Waals surface area contributed by atoms with Crippen LogP contribution in [0.2, 0.25) is 0 Å². The highest BCUT2D eigenvalue weighted by Gasteiger charge is 2.24. The molecule has 0 aromatic carbocycles. The SMILES string of the molecule is CCCNC(=O)c1coc(CC2CC2)n1. The van der Waals surface area contributed by atoms with Crippen molar-refractivity contribution in [3.05, 3.63) is 17.8 Å². The number of hydrogen-bond acceptors (Lipinski definition) is 3. The smallest absolute Gasteiger partial charge is 0.273 e. The Morgan fingerprint density at radius 1 is 1.67 bits per heavy atom. The molecule has 82 valence electrons. The van der Waals surface area contributed by atoms with E-state index in [0.29, 0.717) is 18.1 Å². The maximum Gasteiger partial charge on any atom is 0.273 e. The van der Waals surface area contributed by atoms with Gasteiger partial charge in [0.25, 0.3) is 5.91 Å². The van der Waals surface area contributed by atoms with E-state index in [-0.39, 0.29) is 5.91 Å². The third-order valence-corrected chi connectivity index (χ3v) is 2.48. The number of aromatic nitrogens is 1. The third kappa shape index (κ3) is 2.81. The average molecular weight is 208 g/mol. The van der Waals surface area contributed by atoms with Crippen LogP contribution in [-0.2, 0) is 6.42 Å².